The topological polar surface area (TPSA) is 40.6 Å². The summed E-state index contributed by atoms with van der Waals surface area (Å²) in [5, 5.41) is 1.93. The Hall–Kier alpha value is -2.92. The van der Waals surface area contributed by atoms with Gasteiger partial charge in [-0.2, -0.15) is 0 Å². The van der Waals surface area contributed by atoms with Gasteiger partial charge >= 0.3 is 0 Å². The van der Waals surface area contributed by atoms with E-state index in [0.717, 1.165) is 24.3 Å². The van der Waals surface area contributed by atoms with Crippen LogP contribution >= 0.6 is 11.3 Å². The molecule has 3 aromatic rings. The zero-order chi connectivity index (χ0) is 21.2. The van der Waals surface area contributed by atoms with Crippen molar-refractivity contribution in [3.8, 4) is 0 Å². The Kier molecular flexibility index (Phi) is 5.60. The molecule has 2 amide bonds. The summed E-state index contributed by atoms with van der Waals surface area (Å²) in [6, 6.07) is 22.7. The van der Waals surface area contributed by atoms with Gasteiger partial charge < -0.3 is 9.80 Å². The van der Waals surface area contributed by atoms with Crippen LogP contribution < -0.4 is 0 Å². The number of fused-ring (bicyclic) bond motifs is 1. The summed E-state index contributed by atoms with van der Waals surface area (Å²) in [6.07, 6.45) is 1.72. The smallest absolute Gasteiger partial charge is 0.263 e. The number of carbonyl (C=O) groups is 2. The van der Waals surface area contributed by atoms with Gasteiger partial charge in [0.15, 0.2) is 0 Å². The third-order valence-electron chi connectivity index (χ3n) is 6.50. The molecule has 2 atom stereocenters. The average Bonchev–Trinajstić information content (AvgIpc) is 3.38. The minimum Gasteiger partial charge on any atom is -0.337 e. The van der Waals surface area contributed by atoms with Gasteiger partial charge in [-0.3, -0.25) is 9.59 Å². The fourth-order valence-electron chi connectivity index (χ4n) is 4.92. The van der Waals surface area contributed by atoms with E-state index >= 15 is 0 Å². The zero-order valence-corrected chi connectivity index (χ0v) is 18.3. The third-order valence-corrected chi connectivity index (χ3v) is 7.36. The summed E-state index contributed by atoms with van der Waals surface area (Å²) in [6.45, 7) is 2.59. The Bertz CT molecular complexity index is 1060. The molecule has 2 aliphatic rings. The second-order valence-electron chi connectivity index (χ2n) is 8.45. The van der Waals surface area contributed by atoms with Crippen LogP contribution in [0.4, 0.5) is 0 Å². The normalized spacial score (nSPS) is 20.9. The van der Waals surface area contributed by atoms with E-state index in [4.69, 9.17) is 0 Å². The summed E-state index contributed by atoms with van der Waals surface area (Å²) in [5.74, 6) is 0.291. The van der Waals surface area contributed by atoms with Gasteiger partial charge in [-0.05, 0) is 41.0 Å². The molecular weight excluding hydrogens is 404 g/mol. The maximum Gasteiger partial charge on any atom is 0.263 e. The van der Waals surface area contributed by atoms with Crippen LogP contribution in [-0.2, 0) is 11.3 Å². The van der Waals surface area contributed by atoms with E-state index in [1.807, 2.05) is 33.4 Å². The van der Waals surface area contributed by atoms with Crippen LogP contribution in [0.3, 0.4) is 0 Å². The highest BCUT2D eigenvalue weighted by Crippen LogP contribution is 2.34. The van der Waals surface area contributed by atoms with Crippen LogP contribution in [0, 0.1) is 5.92 Å². The number of rotatable bonds is 3. The van der Waals surface area contributed by atoms with E-state index < -0.39 is 0 Å². The molecule has 4 nitrogen and oxygen atoms in total. The largest absolute Gasteiger partial charge is 0.337 e. The highest BCUT2D eigenvalue weighted by Gasteiger charge is 2.35. The van der Waals surface area contributed by atoms with Crippen molar-refractivity contribution in [3.05, 3.63) is 93.7 Å². The summed E-state index contributed by atoms with van der Waals surface area (Å²) >= 11 is 1.47. The second kappa shape index (κ2) is 8.67. The first-order valence-corrected chi connectivity index (χ1v) is 11.8. The highest BCUT2D eigenvalue weighted by molar-refractivity contribution is 7.12. The van der Waals surface area contributed by atoms with Crippen LogP contribution in [0.1, 0.15) is 45.1 Å². The molecular formula is C26H26N2O2S. The van der Waals surface area contributed by atoms with Crippen LogP contribution in [0.2, 0.25) is 0 Å². The second-order valence-corrected chi connectivity index (χ2v) is 9.40. The number of hydrogen-bond donors (Lipinski definition) is 0. The molecule has 0 spiro atoms. The van der Waals surface area contributed by atoms with Crippen molar-refractivity contribution in [2.75, 3.05) is 19.6 Å². The van der Waals surface area contributed by atoms with E-state index in [9.17, 15) is 9.59 Å². The summed E-state index contributed by atoms with van der Waals surface area (Å²) in [5.41, 5.74) is 3.78. The molecule has 0 N–H and O–H groups in total. The van der Waals surface area contributed by atoms with E-state index in [-0.39, 0.29) is 23.7 Å². The van der Waals surface area contributed by atoms with Crippen LogP contribution in [-0.4, -0.2) is 41.2 Å². The van der Waals surface area contributed by atoms with Crippen molar-refractivity contribution < 1.29 is 9.59 Å². The lowest BCUT2D eigenvalue weighted by molar-refractivity contribution is -0.138. The zero-order valence-electron chi connectivity index (χ0n) is 17.4. The number of benzene rings is 2. The van der Waals surface area contributed by atoms with E-state index in [1.165, 1.54) is 28.0 Å². The molecule has 5 heteroatoms. The Labute approximate surface area is 187 Å². The average molecular weight is 431 g/mol. The number of piperidine rings is 1. The van der Waals surface area contributed by atoms with Gasteiger partial charge in [-0.1, -0.05) is 60.7 Å². The molecule has 5 rings (SSSR count). The molecule has 158 valence electrons. The molecule has 2 aromatic carbocycles. The monoisotopic (exact) mass is 430 g/mol. The SMILES string of the molecule is O=C(c1cccs1)N1CCC[C@H](C(=O)N2Cc3ccccc3[C@@H](c3ccccc3)C2)C1. The molecule has 1 fully saturated rings. The van der Waals surface area contributed by atoms with Crippen molar-refractivity contribution >= 4 is 23.2 Å². The number of nitrogens with zero attached hydrogens (tertiary/aromatic N) is 2. The first kappa shape index (κ1) is 20.0. The molecule has 0 unspecified atom stereocenters. The van der Waals surface area contributed by atoms with Crippen molar-refractivity contribution in [2.24, 2.45) is 5.92 Å². The first-order chi connectivity index (χ1) is 15.2. The van der Waals surface area contributed by atoms with E-state index in [1.54, 1.807) is 0 Å². The summed E-state index contributed by atoms with van der Waals surface area (Å²) in [4.78, 5) is 31.0. The lowest BCUT2D eigenvalue weighted by Gasteiger charge is -2.39. The highest BCUT2D eigenvalue weighted by atomic mass is 32.1. The van der Waals surface area contributed by atoms with Crippen molar-refractivity contribution in [3.63, 3.8) is 0 Å². The Morgan fingerprint density at radius 1 is 0.871 bits per heavy atom. The Morgan fingerprint density at radius 3 is 2.48 bits per heavy atom. The molecule has 1 aromatic heterocycles. The lowest BCUT2D eigenvalue weighted by Crippen LogP contribution is -2.48. The minimum atomic E-state index is -0.126. The van der Waals surface area contributed by atoms with Crippen LogP contribution in [0.25, 0.3) is 0 Å². The standard InChI is InChI=1S/C26H26N2O2S/c29-25(21-11-6-14-27(17-21)26(30)24-13-7-15-31-24)28-16-20-10-4-5-12-22(20)23(18-28)19-8-2-1-3-9-19/h1-5,7-10,12-13,15,21,23H,6,11,14,16-18H2/t21-,23+/m0/s1. The van der Waals surface area contributed by atoms with Crippen LogP contribution in [0.5, 0.6) is 0 Å². The first-order valence-electron chi connectivity index (χ1n) is 10.9. The van der Waals surface area contributed by atoms with Gasteiger partial charge in [0, 0.05) is 32.1 Å². The minimum absolute atomic E-state index is 0.0543. The predicted molar refractivity (Wildman–Crippen MR) is 123 cm³/mol. The maximum absolute atomic E-state index is 13.6. The van der Waals surface area contributed by atoms with E-state index in [0.29, 0.717) is 19.6 Å². The molecule has 0 bridgehead atoms. The lowest BCUT2D eigenvalue weighted by atomic mass is 9.84. The summed E-state index contributed by atoms with van der Waals surface area (Å²) in [7, 11) is 0. The quantitative estimate of drug-likeness (QED) is 0.600. The van der Waals surface area contributed by atoms with Gasteiger partial charge in [-0.25, -0.2) is 0 Å². The Morgan fingerprint density at radius 2 is 1.68 bits per heavy atom. The van der Waals surface area contributed by atoms with Gasteiger partial charge in [0.25, 0.3) is 5.91 Å². The molecule has 31 heavy (non-hydrogen) atoms. The Balaban J connectivity index is 1.36. The molecule has 1 saturated heterocycles. The predicted octanol–water partition coefficient (Wildman–Crippen LogP) is 4.77. The number of thiophene rings is 1. The fourth-order valence-corrected chi connectivity index (χ4v) is 5.61. The van der Waals surface area contributed by atoms with Gasteiger partial charge in [0.05, 0.1) is 10.8 Å². The number of amides is 2. The molecule has 3 heterocycles. The molecule has 0 saturated carbocycles. The number of likely N-dealkylation sites (tertiary alicyclic amines) is 1. The van der Waals surface area contributed by atoms with Crippen LogP contribution in [0.15, 0.2) is 72.1 Å². The van der Waals surface area contributed by atoms with E-state index in [2.05, 4.69) is 48.5 Å². The van der Waals surface area contributed by atoms with Gasteiger partial charge in [0.2, 0.25) is 5.91 Å². The summed E-state index contributed by atoms with van der Waals surface area (Å²) < 4.78 is 0. The number of hydrogen-bond acceptors (Lipinski definition) is 3. The van der Waals surface area contributed by atoms with Crippen molar-refractivity contribution in [1.29, 1.82) is 0 Å². The molecule has 0 radical (unpaired) electrons. The molecule has 2 aliphatic heterocycles. The van der Waals surface area contributed by atoms with Crippen molar-refractivity contribution in [2.45, 2.75) is 25.3 Å². The van der Waals surface area contributed by atoms with Crippen molar-refractivity contribution in [1.82, 2.24) is 9.80 Å². The number of carbonyl (C=O) groups excluding carboxylic acids is 2. The third kappa shape index (κ3) is 4.02. The van der Waals surface area contributed by atoms with Gasteiger partial charge in [-0.15, -0.1) is 11.3 Å². The maximum atomic E-state index is 13.6. The van der Waals surface area contributed by atoms with Gasteiger partial charge in [0.1, 0.15) is 0 Å². The molecule has 0 aliphatic carbocycles. The fraction of sp³-hybridized carbons (Fsp3) is 0.308.